The van der Waals surface area contributed by atoms with Gasteiger partial charge in [0, 0.05) is 18.5 Å². The summed E-state index contributed by atoms with van der Waals surface area (Å²) in [6.07, 6.45) is 1.73. The molecule has 1 aromatic carbocycles. The summed E-state index contributed by atoms with van der Waals surface area (Å²) in [7, 11) is 0. The van der Waals surface area contributed by atoms with Crippen LogP contribution in [0, 0.1) is 0 Å². The molecule has 88 valence electrons. The van der Waals surface area contributed by atoms with Gasteiger partial charge in [-0.2, -0.15) is 0 Å². The number of fused-ring (bicyclic) bond motifs is 1. The van der Waals surface area contributed by atoms with E-state index in [-0.39, 0.29) is 0 Å². The molecule has 1 heterocycles. The molecule has 1 aliphatic rings. The Hall–Kier alpha value is -1.06. The Morgan fingerprint density at radius 1 is 1.44 bits per heavy atom. The molecule has 0 saturated carbocycles. The van der Waals surface area contributed by atoms with Crippen molar-refractivity contribution in [2.24, 2.45) is 0 Å². The monoisotopic (exact) mass is 221 g/mol. The molecule has 0 amide bonds. The van der Waals surface area contributed by atoms with Gasteiger partial charge >= 0.3 is 0 Å². The van der Waals surface area contributed by atoms with E-state index in [1.54, 1.807) is 0 Å². The van der Waals surface area contributed by atoms with Gasteiger partial charge in [0.15, 0.2) is 0 Å². The second-order valence-electron chi connectivity index (χ2n) is 4.30. The highest BCUT2D eigenvalue weighted by Crippen LogP contribution is 2.36. The predicted octanol–water partition coefficient (Wildman–Crippen LogP) is 1.66. The van der Waals surface area contributed by atoms with E-state index in [9.17, 15) is 5.11 Å². The summed E-state index contributed by atoms with van der Waals surface area (Å²) in [5.41, 5.74) is 0.133. The molecule has 0 aromatic heterocycles. The van der Waals surface area contributed by atoms with Crippen LogP contribution in [0.15, 0.2) is 24.3 Å². The Morgan fingerprint density at radius 2 is 2.25 bits per heavy atom. The van der Waals surface area contributed by atoms with Gasteiger partial charge in [-0.3, -0.25) is 0 Å². The topological polar surface area (TPSA) is 41.5 Å². The van der Waals surface area contributed by atoms with Gasteiger partial charge in [0.2, 0.25) is 0 Å². The quantitative estimate of drug-likeness (QED) is 0.760. The predicted molar refractivity (Wildman–Crippen MR) is 63.6 cm³/mol. The van der Waals surface area contributed by atoms with Crippen LogP contribution < -0.4 is 10.1 Å². The number of ether oxygens (including phenoxy) is 1. The van der Waals surface area contributed by atoms with E-state index in [2.05, 4.69) is 12.2 Å². The van der Waals surface area contributed by atoms with Gasteiger partial charge in [0.05, 0.1) is 6.61 Å². The molecule has 0 saturated heterocycles. The highest BCUT2D eigenvalue weighted by atomic mass is 16.5. The van der Waals surface area contributed by atoms with Crippen molar-refractivity contribution >= 4 is 0 Å². The molecule has 0 bridgehead atoms. The van der Waals surface area contributed by atoms with Gasteiger partial charge in [-0.25, -0.2) is 0 Å². The number of para-hydroxylation sites is 1. The fraction of sp³-hybridized carbons (Fsp3) is 0.538. The Bertz CT molecular complexity index is 354. The second kappa shape index (κ2) is 4.85. The molecule has 0 fully saturated rings. The molecule has 0 radical (unpaired) electrons. The summed E-state index contributed by atoms with van der Waals surface area (Å²) in [5, 5.41) is 13.9. The molecule has 2 rings (SSSR count). The highest BCUT2D eigenvalue weighted by molar-refractivity contribution is 5.39. The third kappa shape index (κ3) is 2.20. The van der Waals surface area contributed by atoms with Crippen LogP contribution in [0.3, 0.4) is 0 Å². The zero-order valence-electron chi connectivity index (χ0n) is 9.70. The van der Waals surface area contributed by atoms with Crippen LogP contribution in [0.4, 0.5) is 0 Å². The molecule has 0 spiro atoms. The summed E-state index contributed by atoms with van der Waals surface area (Å²) in [6.45, 7) is 4.24. The molecule has 1 unspecified atom stereocenters. The molecule has 0 aliphatic carbocycles. The highest BCUT2D eigenvalue weighted by Gasteiger charge is 2.34. The van der Waals surface area contributed by atoms with Crippen molar-refractivity contribution in [3.05, 3.63) is 29.8 Å². The van der Waals surface area contributed by atoms with Gasteiger partial charge < -0.3 is 15.2 Å². The van der Waals surface area contributed by atoms with E-state index < -0.39 is 5.60 Å². The second-order valence-corrected chi connectivity index (χ2v) is 4.30. The molecular formula is C13H19NO2. The van der Waals surface area contributed by atoms with Gasteiger partial charge in [-0.15, -0.1) is 0 Å². The number of nitrogens with one attached hydrogen (secondary N) is 1. The molecule has 16 heavy (non-hydrogen) atoms. The average molecular weight is 221 g/mol. The maximum absolute atomic E-state index is 10.6. The Kier molecular flexibility index (Phi) is 3.46. The lowest BCUT2D eigenvalue weighted by molar-refractivity contribution is -0.00193. The van der Waals surface area contributed by atoms with E-state index >= 15 is 0 Å². The first-order valence-corrected chi connectivity index (χ1v) is 5.92. The van der Waals surface area contributed by atoms with Crippen molar-refractivity contribution in [1.82, 2.24) is 5.32 Å². The van der Waals surface area contributed by atoms with Crippen molar-refractivity contribution in [3.63, 3.8) is 0 Å². The van der Waals surface area contributed by atoms with Crippen molar-refractivity contribution in [3.8, 4) is 5.75 Å². The summed E-state index contributed by atoms with van der Waals surface area (Å²) in [6, 6.07) is 7.74. The van der Waals surface area contributed by atoms with E-state index in [1.807, 2.05) is 24.3 Å². The SMILES string of the molecule is CCCNCC1(O)CCOc2ccccc21. The van der Waals surface area contributed by atoms with Crippen molar-refractivity contribution in [1.29, 1.82) is 0 Å². The molecular weight excluding hydrogens is 202 g/mol. The van der Waals surface area contributed by atoms with E-state index in [1.165, 1.54) is 0 Å². The Labute approximate surface area is 96.4 Å². The first-order chi connectivity index (χ1) is 7.76. The van der Waals surface area contributed by atoms with Gasteiger partial charge in [-0.1, -0.05) is 25.1 Å². The number of hydrogen-bond donors (Lipinski definition) is 2. The van der Waals surface area contributed by atoms with E-state index in [4.69, 9.17) is 4.74 Å². The fourth-order valence-electron chi connectivity index (χ4n) is 2.10. The lowest BCUT2D eigenvalue weighted by Gasteiger charge is -2.34. The average Bonchev–Trinajstić information content (AvgIpc) is 2.30. The van der Waals surface area contributed by atoms with Crippen molar-refractivity contribution in [2.75, 3.05) is 19.7 Å². The third-order valence-corrected chi connectivity index (χ3v) is 3.01. The number of rotatable bonds is 4. The lowest BCUT2D eigenvalue weighted by Crippen LogP contribution is -2.42. The molecule has 3 nitrogen and oxygen atoms in total. The van der Waals surface area contributed by atoms with Crippen molar-refractivity contribution < 1.29 is 9.84 Å². The summed E-state index contributed by atoms with van der Waals surface area (Å²) in [4.78, 5) is 0. The standard InChI is InChI=1S/C13H19NO2/c1-2-8-14-10-13(15)7-9-16-12-6-4-3-5-11(12)13/h3-6,14-15H,2,7-10H2,1H3. The zero-order valence-corrected chi connectivity index (χ0v) is 9.70. The largest absolute Gasteiger partial charge is 0.493 e. The van der Waals surface area contributed by atoms with Crippen LogP contribution in [0.1, 0.15) is 25.3 Å². The molecule has 1 atom stereocenters. The summed E-state index contributed by atoms with van der Waals surface area (Å²) >= 11 is 0. The van der Waals surface area contributed by atoms with Crippen LogP contribution in [0.5, 0.6) is 5.75 Å². The van der Waals surface area contributed by atoms with Crippen LogP contribution in [-0.4, -0.2) is 24.8 Å². The Balaban J connectivity index is 2.16. The van der Waals surface area contributed by atoms with Gasteiger partial charge in [-0.05, 0) is 19.0 Å². The van der Waals surface area contributed by atoms with Crippen LogP contribution >= 0.6 is 0 Å². The molecule has 1 aromatic rings. The van der Waals surface area contributed by atoms with Crippen LogP contribution in [0.25, 0.3) is 0 Å². The Morgan fingerprint density at radius 3 is 3.06 bits per heavy atom. The fourth-order valence-corrected chi connectivity index (χ4v) is 2.10. The zero-order chi connectivity index (χ0) is 11.4. The first-order valence-electron chi connectivity index (χ1n) is 5.92. The molecule has 1 aliphatic heterocycles. The first kappa shape index (κ1) is 11.4. The minimum absolute atomic E-state index is 0.585. The number of aliphatic hydroxyl groups is 1. The number of benzene rings is 1. The lowest BCUT2D eigenvalue weighted by atomic mass is 9.88. The minimum atomic E-state index is -0.774. The molecule has 2 N–H and O–H groups in total. The smallest absolute Gasteiger partial charge is 0.125 e. The maximum Gasteiger partial charge on any atom is 0.125 e. The molecule has 3 heteroatoms. The van der Waals surface area contributed by atoms with Crippen molar-refractivity contribution in [2.45, 2.75) is 25.4 Å². The number of hydrogen-bond acceptors (Lipinski definition) is 3. The summed E-state index contributed by atoms with van der Waals surface area (Å²) < 4.78 is 5.54. The maximum atomic E-state index is 10.6. The normalized spacial score (nSPS) is 23.6. The van der Waals surface area contributed by atoms with Gasteiger partial charge in [0.25, 0.3) is 0 Å². The van der Waals surface area contributed by atoms with Crippen LogP contribution in [-0.2, 0) is 5.60 Å². The van der Waals surface area contributed by atoms with E-state index in [0.717, 1.165) is 24.3 Å². The summed E-state index contributed by atoms with van der Waals surface area (Å²) in [5.74, 6) is 0.814. The van der Waals surface area contributed by atoms with E-state index in [0.29, 0.717) is 19.6 Å². The van der Waals surface area contributed by atoms with Crippen LogP contribution in [0.2, 0.25) is 0 Å². The van der Waals surface area contributed by atoms with Gasteiger partial charge in [0.1, 0.15) is 11.4 Å². The third-order valence-electron chi connectivity index (χ3n) is 3.01. The minimum Gasteiger partial charge on any atom is -0.493 e.